The number of fused-ring (bicyclic) bond motifs is 5. The summed E-state index contributed by atoms with van der Waals surface area (Å²) in [6.45, 7) is 25.1. The summed E-state index contributed by atoms with van der Waals surface area (Å²) in [5, 5.41) is 66.8. The zero-order chi connectivity index (χ0) is 102. The van der Waals surface area contributed by atoms with Gasteiger partial charge in [-0.05, 0) is 173 Å². The van der Waals surface area contributed by atoms with Gasteiger partial charge in [0.15, 0.2) is 34.0 Å². The van der Waals surface area contributed by atoms with E-state index in [4.69, 9.17) is 30.7 Å². The van der Waals surface area contributed by atoms with Crippen molar-refractivity contribution in [2.75, 3.05) is 26.6 Å². The molecular weight excluding hydrogens is 1870 g/mol. The van der Waals surface area contributed by atoms with Crippen molar-refractivity contribution in [2.24, 2.45) is 5.73 Å². The highest BCUT2D eigenvalue weighted by atomic mass is 16.3. The smallest absolute Gasteiger partial charge is 0.251 e. The summed E-state index contributed by atoms with van der Waals surface area (Å²) in [4.78, 5) is 111. The summed E-state index contributed by atoms with van der Waals surface area (Å²) in [5.41, 5.74) is 32.6. The van der Waals surface area contributed by atoms with Gasteiger partial charge in [-0.2, -0.15) is 48.1 Å². The van der Waals surface area contributed by atoms with Crippen molar-refractivity contribution in [1.29, 1.82) is 0 Å². The highest BCUT2D eigenvalue weighted by Crippen LogP contribution is 2.40. The van der Waals surface area contributed by atoms with Crippen LogP contribution in [0.15, 0.2) is 272 Å². The molecular formula is C112H108N28O8. The predicted molar refractivity (Wildman–Crippen MR) is 569 cm³/mol. The van der Waals surface area contributed by atoms with E-state index in [9.17, 15) is 38.7 Å². The normalized spacial score (nSPS) is 17.9. The fraction of sp³-hybridized carbons (Fsp3) is 0.232. The molecule has 5 aliphatic heterocycles. The minimum atomic E-state index is -0.550. The average Bonchev–Trinajstić information content (AvgIpc) is 1.65. The minimum Gasteiger partial charge on any atom is -0.389 e. The molecule has 36 nitrogen and oxygen atoms in total. The van der Waals surface area contributed by atoms with Gasteiger partial charge < -0.3 is 69.3 Å². The number of aliphatic hydroxyl groups is 1. The predicted octanol–water partition coefficient (Wildman–Crippen LogP) is 15.7. The van der Waals surface area contributed by atoms with Crippen LogP contribution in [0.25, 0.3) is 115 Å². The number of nitrogens with zero attached hydrogens (tertiary/aromatic N) is 16. The topological polar surface area (TPSA) is 462 Å². The van der Waals surface area contributed by atoms with E-state index in [0.717, 1.165) is 205 Å². The van der Waals surface area contributed by atoms with Gasteiger partial charge in [-0.25, -0.2) is 24.9 Å². The van der Waals surface area contributed by atoms with Gasteiger partial charge in [-0.15, -0.1) is 0 Å². The lowest BCUT2D eigenvalue weighted by Crippen LogP contribution is -2.18. The van der Waals surface area contributed by atoms with Crippen molar-refractivity contribution in [3.05, 3.63) is 322 Å². The van der Waals surface area contributed by atoms with Crippen molar-refractivity contribution >= 4 is 129 Å². The third kappa shape index (κ3) is 22.2. The van der Waals surface area contributed by atoms with Gasteiger partial charge in [0, 0.05) is 219 Å². The van der Waals surface area contributed by atoms with Gasteiger partial charge in [0.25, 0.3) is 17.7 Å². The molecule has 5 aliphatic carbocycles. The third-order valence-electron chi connectivity index (χ3n) is 26.2. The lowest BCUT2D eigenvalue weighted by molar-refractivity contribution is -0.119. The first-order valence-electron chi connectivity index (χ1n) is 49.4. The Balaban J connectivity index is 0.000000108. The van der Waals surface area contributed by atoms with Gasteiger partial charge in [0.05, 0.1) is 78.4 Å². The molecule has 25 rings (SSSR count). The number of nitrogens with two attached hydrogens (primary N) is 1. The van der Waals surface area contributed by atoms with E-state index in [1.165, 1.54) is 6.92 Å². The quantitative estimate of drug-likeness (QED) is 0.0187. The Morgan fingerprint density at radius 3 is 1.01 bits per heavy atom. The van der Waals surface area contributed by atoms with Crippen LogP contribution in [0, 0.1) is 0 Å². The number of anilines is 5. The van der Waals surface area contributed by atoms with E-state index in [-0.39, 0.29) is 41.2 Å². The number of rotatable bonds is 25. The second-order valence-corrected chi connectivity index (χ2v) is 38.5. The number of nitrogens with one attached hydrogen (secondary N) is 11. The molecule has 6 amide bonds. The fourth-order valence-electron chi connectivity index (χ4n) is 17.6. The molecule has 4 aromatic carbocycles. The van der Waals surface area contributed by atoms with Crippen LogP contribution in [0.4, 0.5) is 29.1 Å². The first-order chi connectivity index (χ1) is 71.7. The van der Waals surface area contributed by atoms with Crippen LogP contribution in [0.1, 0.15) is 178 Å². The lowest BCUT2D eigenvalue weighted by Gasteiger charge is -2.12. The number of benzene rings is 4. The first-order valence-corrected chi connectivity index (χ1v) is 49.4. The molecule has 11 aromatic heterocycles. The molecule has 148 heavy (non-hydrogen) atoms. The van der Waals surface area contributed by atoms with Crippen molar-refractivity contribution < 1.29 is 38.7 Å². The maximum Gasteiger partial charge on any atom is 0.251 e. The Morgan fingerprint density at radius 1 is 0.392 bits per heavy atom. The van der Waals surface area contributed by atoms with Gasteiger partial charge >= 0.3 is 0 Å². The number of hydrogen-bond acceptors (Lipinski definition) is 25. The summed E-state index contributed by atoms with van der Waals surface area (Å²) < 4.78 is 8.99. The minimum absolute atomic E-state index is 0.0148. The number of carbonyl (C=O) groups excluding carboxylic acids is 7. The molecule has 15 aromatic rings. The summed E-state index contributed by atoms with van der Waals surface area (Å²) in [7, 11) is 0. The van der Waals surface area contributed by atoms with Gasteiger partial charge in [0.1, 0.15) is 29.1 Å². The van der Waals surface area contributed by atoms with Crippen LogP contribution in [-0.4, -0.2) is 155 Å². The summed E-state index contributed by atoms with van der Waals surface area (Å²) >= 11 is 0. The molecule has 36 heteroatoms. The third-order valence-corrected chi connectivity index (χ3v) is 26.2. The monoisotopic (exact) mass is 1970 g/mol. The van der Waals surface area contributed by atoms with E-state index in [0.29, 0.717) is 154 Å². The molecule has 10 aliphatic rings. The highest BCUT2D eigenvalue weighted by Gasteiger charge is 2.33. The SMILES string of the molecule is C=C1C/C(=C\c2cnn3c(NC4CC4)cc(-c4cccc(CN)c4)nc23)C(=O)N1.C=C1C/C(=C\c2cnn3c(NC4CC4)cc(-c4cccc(CNC(C)=O)c4)nc23)C(=O)N1.C=C1C/C(=C\c2cnn3c(NC4CC4)cc(-c4ccncc4)nc23)C(=O)N1.C=C1NC(=O)C/C1=C\c1cnn2c(NC3CC3)cc(-c3cccc(C(C)=O)c3)nc12.C=C1NC(=O)C/C1=C\c1cnn2c(NC3CC3)cc(-c3cccc(C(C)O)c3)nc12. The van der Waals surface area contributed by atoms with E-state index < -0.39 is 6.10 Å². The molecule has 5 saturated heterocycles. The maximum atomic E-state index is 12.2. The fourth-order valence-corrected chi connectivity index (χ4v) is 17.6. The van der Waals surface area contributed by atoms with Gasteiger partial charge in [-0.3, -0.25) is 38.5 Å². The van der Waals surface area contributed by atoms with Crippen LogP contribution >= 0.6 is 0 Å². The Morgan fingerprint density at radius 2 is 0.703 bits per heavy atom. The van der Waals surface area contributed by atoms with Crippen LogP contribution in [-0.2, 0) is 41.9 Å². The number of carbonyl (C=O) groups is 7. The van der Waals surface area contributed by atoms with Crippen LogP contribution < -0.4 is 64.2 Å². The van der Waals surface area contributed by atoms with Crippen molar-refractivity contribution in [2.45, 2.75) is 166 Å². The second kappa shape index (κ2) is 41.0. The Hall–Kier alpha value is -18.1. The average molecular weight is 1970 g/mol. The van der Waals surface area contributed by atoms with E-state index in [1.54, 1.807) is 81.4 Å². The molecule has 0 radical (unpaired) electrons. The Kier molecular flexibility index (Phi) is 26.6. The van der Waals surface area contributed by atoms with Crippen molar-refractivity contribution in [3.8, 4) is 56.3 Å². The number of ketones is 1. The van der Waals surface area contributed by atoms with E-state index in [2.05, 4.69) is 128 Å². The number of pyridine rings is 1. The molecule has 744 valence electrons. The molecule has 1 atom stereocenters. The first kappa shape index (κ1) is 96.1. The van der Waals surface area contributed by atoms with Crippen molar-refractivity contribution in [1.82, 2.24) is 110 Å². The lowest BCUT2D eigenvalue weighted by atomic mass is 10.0. The van der Waals surface area contributed by atoms with Crippen LogP contribution in [0.5, 0.6) is 0 Å². The van der Waals surface area contributed by atoms with E-state index in [1.807, 2.05) is 162 Å². The molecule has 10 fully saturated rings. The number of Topliss-reactive ketones (excluding diaryl/α,β-unsaturated/α-hetero) is 1. The molecule has 1 unspecified atom stereocenters. The highest BCUT2D eigenvalue weighted by molar-refractivity contribution is 6.05. The maximum absolute atomic E-state index is 12.2. The van der Waals surface area contributed by atoms with Gasteiger partial charge in [0.2, 0.25) is 17.7 Å². The number of allylic oxidation sites excluding steroid dienone is 5. The Bertz CT molecular complexity index is 8200. The second-order valence-electron chi connectivity index (χ2n) is 38.5. The molecule has 0 spiro atoms. The van der Waals surface area contributed by atoms with Crippen molar-refractivity contribution in [3.63, 3.8) is 0 Å². The zero-order valence-electron chi connectivity index (χ0n) is 81.8. The van der Waals surface area contributed by atoms with Crippen LogP contribution in [0.3, 0.4) is 0 Å². The zero-order valence-corrected chi connectivity index (χ0v) is 81.8. The summed E-state index contributed by atoms with van der Waals surface area (Å²) in [5.74, 6) is 3.88. The molecule has 0 bridgehead atoms. The van der Waals surface area contributed by atoms with Crippen LogP contribution in [0.2, 0.25) is 0 Å². The summed E-state index contributed by atoms with van der Waals surface area (Å²) in [6, 6.07) is 47.4. The number of amides is 6. The molecule has 5 saturated carbocycles. The Labute approximate surface area is 850 Å². The van der Waals surface area contributed by atoms with Gasteiger partial charge in [-0.1, -0.05) is 106 Å². The number of aromatic nitrogens is 16. The van der Waals surface area contributed by atoms with E-state index >= 15 is 0 Å². The number of aliphatic hydroxyl groups excluding tert-OH is 1. The molecule has 14 N–H and O–H groups in total. The standard InChI is InChI=1S/C24H24N6O2.C23H23N5O2.C23H21N5O2.C22H22N6O.C20H18N6O/c1-14-8-18(24(32)27-14)10-19-13-26-30-22(28-20-6-7-20)11-21(29-23(19)30)17-5-3-4-16(9-17)12-25-15(2)31;2*1-13-17(10-22(30)25-13)9-18-12-24-28-21(26-19-6-7-19)11-20(27-23(18)28)16-5-3-4-15(8-16)14(2)29;1-13-7-16(22(29)25-13)9-17-12-24-28-20(26-18-5-6-18)10-19(27-21(17)28)15-4-2-3-14(8-15)11-23;1-12-8-14(20(27)23-12)9-15-11-22-26-18(24-16-2-3-16)10-17(25-19(15)26)13-4-6-21-7-5-13/h3-5,9-11,13,20,28H,1,6-8,12H2,2H3,(H,25,31)(H,27,32);3-5,8-9,11-12,14,19,26,29H,1,6-7,10H2,2H3,(H,25,30);3-5,8-9,11-12,19,26H,1,6-7,10H2,2H3,(H,25,30);2-4,8-10,12,18,26H,1,5-7,11,23H2,(H,25,29);4-7,9-11,16,24H,1-3,8H2,(H,23,27)/b18-10+;2*17-9+;16-9+;14-9+. The number of hydrogen-bond donors (Lipinski definition) is 13. The largest absolute Gasteiger partial charge is 0.389 e. The molecule has 16 heterocycles. The summed E-state index contributed by atoms with van der Waals surface area (Å²) in [6.07, 6.45) is 34.6.